The summed E-state index contributed by atoms with van der Waals surface area (Å²) in [6, 6.07) is 10.1. The number of amides is 1. The molecule has 12 heteroatoms. The van der Waals surface area contributed by atoms with Crippen LogP contribution in [0.4, 0.5) is 17.1 Å². The molecule has 1 atom stereocenters. The molecule has 142 valence electrons. The molecule has 0 spiro atoms. The zero-order valence-electron chi connectivity index (χ0n) is 13.3. The van der Waals surface area contributed by atoms with Gasteiger partial charge in [0.2, 0.25) is 3.79 Å². The Labute approximate surface area is 167 Å². The minimum absolute atomic E-state index is 0.116. The van der Waals surface area contributed by atoms with Crippen molar-refractivity contribution in [2.75, 3.05) is 5.32 Å². The van der Waals surface area contributed by atoms with Crippen LogP contribution in [0.15, 0.2) is 48.5 Å². The number of rotatable bonds is 6. The summed E-state index contributed by atoms with van der Waals surface area (Å²) >= 11 is 17.7. The monoisotopic (exact) mass is 432 g/mol. The molecule has 2 aromatic carbocycles. The van der Waals surface area contributed by atoms with Crippen molar-refractivity contribution in [3.63, 3.8) is 0 Å². The van der Waals surface area contributed by atoms with E-state index in [1.807, 2.05) is 0 Å². The highest BCUT2D eigenvalue weighted by Crippen LogP contribution is 2.31. The summed E-state index contributed by atoms with van der Waals surface area (Å²) in [5.74, 6) is -0.643. The summed E-state index contributed by atoms with van der Waals surface area (Å²) in [5.41, 5.74) is 0.181. The molecule has 0 saturated carbocycles. The molecule has 0 radical (unpaired) electrons. The Morgan fingerprint density at radius 1 is 0.889 bits per heavy atom. The van der Waals surface area contributed by atoms with Crippen LogP contribution in [0.25, 0.3) is 0 Å². The van der Waals surface area contributed by atoms with Gasteiger partial charge >= 0.3 is 0 Å². The number of halogens is 3. The molecule has 2 N–H and O–H groups in total. The molecule has 27 heavy (non-hydrogen) atoms. The number of nitrogens with one attached hydrogen (secondary N) is 2. The molecule has 0 aliphatic rings. The zero-order chi connectivity index (χ0) is 20.2. The fraction of sp³-hybridized carbons (Fsp3) is 0.133. The number of nitrogens with zero attached hydrogens (tertiary/aromatic N) is 2. The maximum absolute atomic E-state index is 12.3. The van der Waals surface area contributed by atoms with Gasteiger partial charge in [0.25, 0.3) is 17.3 Å². The molecule has 9 nitrogen and oxygen atoms in total. The van der Waals surface area contributed by atoms with Gasteiger partial charge in [-0.1, -0.05) is 34.8 Å². The lowest BCUT2D eigenvalue weighted by atomic mass is 10.2. The third-order valence-electron chi connectivity index (χ3n) is 3.33. The van der Waals surface area contributed by atoms with Crippen molar-refractivity contribution in [3.8, 4) is 0 Å². The van der Waals surface area contributed by atoms with Crippen LogP contribution in [0.1, 0.15) is 10.4 Å². The minimum Gasteiger partial charge on any atom is -0.362 e. The lowest BCUT2D eigenvalue weighted by Crippen LogP contribution is -2.49. The third-order valence-corrected chi connectivity index (χ3v) is 3.99. The van der Waals surface area contributed by atoms with E-state index in [4.69, 9.17) is 34.8 Å². The first-order valence-electron chi connectivity index (χ1n) is 7.21. The average Bonchev–Trinajstić information content (AvgIpc) is 2.60. The number of hydrogen-bond donors (Lipinski definition) is 2. The molecule has 0 heterocycles. The van der Waals surface area contributed by atoms with Gasteiger partial charge in [0.05, 0.1) is 9.85 Å². The van der Waals surface area contributed by atoms with E-state index in [2.05, 4.69) is 10.6 Å². The largest absolute Gasteiger partial charge is 0.362 e. The first kappa shape index (κ1) is 20.7. The fourth-order valence-corrected chi connectivity index (χ4v) is 2.32. The number of hydrogen-bond acceptors (Lipinski definition) is 6. The second-order valence-corrected chi connectivity index (χ2v) is 7.57. The second-order valence-electron chi connectivity index (χ2n) is 5.20. The van der Waals surface area contributed by atoms with Crippen molar-refractivity contribution < 1.29 is 14.6 Å². The predicted octanol–water partition coefficient (Wildman–Crippen LogP) is 4.04. The number of non-ortho nitro benzene ring substituents is 2. The van der Waals surface area contributed by atoms with Crippen LogP contribution in [-0.2, 0) is 0 Å². The van der Waals surface area contributed by atoms with E-state index in [0.717, 1.165) is 0 Å². The number of alkyl halides is 3. The molecule has 1 amide bonds. The van der Waals surface area contributed by atoms with Gasteiger partial charge in [0, 0.05) is 35.5 Å². The third kappa shape index (κ3) is 5.68. The van der Waals surface area contributed by atoms with Crippen LogP contribution in [0.5, 0.6) is 0 Å². The summed E-state index contributed by atoms with van der Waals surface area (Å²) < 4.78 is -1.96. The summed E-state index contributed by atoms with van der Waals surface area (Å²) in [7, 11) is 0. The number of benzene rings is 2. The topological polar surface area (TPSA) is 127 Å². The lowest BCUT2D eigenvalue weighted by molar-refractivity contribution is -0.385. The van der Waals surface area contributed by atoms with E-state index >= 15 is 0 Å². The van der Waals surface area contributed by atoms with Gasteiger partial charge in [-0.05, 0) is 24.3 Å². The maximum Gasteiger partial charge on any atom is 0.269 e. The molecule has 0 bridgehead atoms. The van der Waals surface area contributed by atoms with Crippen molar-refractivity contribution in [1.82, 2.24) is 5.32 Å². The first-order chi connectivity index (χ1) is 12.6. The highest BCUT2D eigenvalue weighted by molar-refractivity contribution is 6.68. The molecular weight excluding hydrogens is 423 g/mol. The van der Waals surface area contributed by atoms with Gasteiger partial charge in [-0.2, -0.15) is 0 Å². The Hall–Kier alpha value is -2.62. The number of anilines is 1. The van der Waals surface area contributed by atoms with Gasteiger partial charge in [0.15, 0.2) is 0 Å². The Bertz CT molecular complexity index is 853. The number of nitro groups is 2. The van der Waals surface area contributed by atoms with Gasteiger partial charge in [-0.15, -0.1) is 0 Å². The zero-order valence-corrected chi connectivity index (χ0v) is 15.5. The van der Waals surface area contributed by atoms with Crippen LogP contribution in [0.2, 0.25) is 0 Å². The predicted molar refractivity (Wildman–Crippen MR) is 101 cm³/mol. The van der Waals surface area contributed by atoms with E-state index in [-0.39, 0.29) is 16.9 Å². The van der Waals surface area contributed by atoms with E-state index in [0.29, 0.717) is 5.69 Å². The number of nitro benzene ring substituents is 2. The number of carbonyl (C=O) groups is 1. The van der Waals surface area contributed by atoms with Crippen LogP contribution < -0.4 is 10.6 Å². The lowest BCUT2D eigenvalue weighted by Gasteiger charge is -2.27. The second kappa shape index (κ2) is 8.38. The Kier molecular flexibility index (Phi) is 6.42. The molecule has 0 saturated heterocycles. The molecule has 2 rings (SSSR count). The van der Waals surface area contributed by atoms with Crippen LogP contribution in [0.3, 0.4) is 0 Å². The molecule has 0 aliphatic heterocycles. The standard InChI is InChI=1S/C15H11Cl3N4O5/c16-15(17,18)14(19-10-3-7-12(8-4-10)22(26)27)20-13(23)9-1-5-11(6-2-9)21(24)25/h1-8,14,19H,(H,20,23)/t14-/m0/s1. The maximum atomic E-state index is 12.3. The van der Waals surface area contributed by atoms with E-state index < -0.39 is 25.7 Å². The highest BCUT2D eigenvalue weighted by atomic mass is 35.6. The Morgan fingerprint density at radius 3 is 1.74 bits per heavy atom. The first-order valence-corrected chi connectivity index (χ1v) is 8.34. The normalized spacial score (nSPS) is 12.1. The average molecular weight is 434 g/mol. The quantitative estimate of drug-likeness (QED) is 0.306. The highest BCUT2D eigenvalue weighted by Gasteiger charge is 2.34. The van der Waals surface area contributed by atoms with Gasteiger partial charge < -0.3 is 10.6 Å². The molecule has 0 aliphatic carbocycles. The van der Waals surface area contributed by atoms with Gasteiger partial charge in [-0.3, -0.25) is 25.0 Å². The van der Waals surface area contributed by atoms with E-state index in [1.54, 1.807) is 0 Å². The summed E-state index contributed by atoms with van der Waals surface area (Å²) in [6.45, 7) is 0. The smallest absolute Gasteiger partial charge is 0.269 e. The van der Waals surface area contributed by atoms with Crippen molar-refractivity contribution in [2.24, 2.45) is 0 Å². The van der Waals surface area contributed by atoms with Crippen LogP contribution in [-0.4, -0.2) is 25.7 Å². The van der Waals surface area contributed by atoms with Crippen molar-refractivity contribution in [1.29, 1.82) is 0 Å². The molecule has 0 fully saturated rings. The van der Waals surface area contributed by atoms with Crippen molar-refractivity contribution in [3.05, 3.63) is 74.3 Å². The van der Waals surface area contributed by atoms with Gasteiger partial charge in [-0.25, -0.2) is 0 Å². The van der Waals surface area contributed by atoms with Crippen LogP contribution >= 0.6 is 34.8 Å². The molecule has 0 aromatic heterocycles. The minimum atomic E-state index is -1.96. The van der Waals surface area contributed by atoms with Crippen molar-refractivity contribution >= 4 is 57.8 Å². The molecular formula is C15H11Cl3N4O5. The van der Waals surface area contributed by atoms with E-state index in [9.17, 15) is 25.0 Å². The number of carbonyl (C=O) groups excluding carboxylic acids is 1. The van der Waals surface area contributed by atoms with Gasteiger partial charge in [0.1, 0.15) is 6.17 Å². The summed E-state index contributed by atoms with van der Waals surface area (Å²) in [5, 5.41) is 26.6. The Balaban J connectivity index is 2.15. The van der Waals surface area contributed by atoms with Crippen LogP contribution in [0, 0.1) is 20.2 Å². The van der Waals surface area contributed by atoms with Crippen molar-refractivity contribution in [2.45, 2.75) is 9.96 Å². The molecule has 2 aromatic rings. The Morgan fingerprint density at radius 2 is 1.33 bits per heavy atom. The SMILES string of the molecule is O=C(N[C@H](Nc1ccc([N+](=O)[O-])cc1)C(Cl)(Cl)Cl)c1ccc([N+](=O)[O-])cc1. The summed E-state index contributed by atoms with van der Waals surface area (Å²) in [4.78, 5) is 32.5. The van der Waals surface area contributed by atoms with E-state index in [1.165, 1.54) is 48.5 Å². The molecule has 0 unspecified atom stereocenters. The summed E-state index contributed by atoms with van der Waals surface area (Å²) in [6.07, 6.45) is -1.19. The fourth-order valence-electron chi connectivity index (χ4n) is 1.99.